The second kappa shape index (κ2) is 10.5. The van der Waals surface area contributed by atoms with Crippen molar-refractivity contribution >= 4 is 21.7 Å². The molecule has 6 heteroatoms. The zero-order valence-electron chi connectivity index (χ0n) is 19.7. The topological polar surface area (TPSA) is 49.3 Å². The van der Waals surface area contributed by atoms with E-state index in [4.69, 9.17) is 4.98 Å². The number of ketones is 1. The molecule has 6 rings (SSSR count). The largest absolute Gasteiger partial charge is 0.302 e. The fourth-order valence-corrected chi connectivity index (χ4v) is 5.80. The summed E-state index contributed by atoms with van der Waals surface area (Å²) >= 11 is 3.69. The molecule has 0 spiro atoms. The molecule has 0 amide bonds. The molecule has 3 aliphatic rings. The van der Waals surface area contributed by atoms with Crippen LogP contribution in [0.25, 0.3) is 11.3 Å². The number of benzene rings is 2. The SMILES string of the molecule is CN1CCCC(=O)[C@H]2CCCN2Cc2cc(Br)cc(c2)Cc2nccc(n2)-c2ccc(cc2)C1. The summed E-state index contributed by atoms with van der Waals surface area (Å²) < 4.78 is 1.05. The van der Waals surface area contributed by atoms with Crippen molar-refractivity contribution in [3.05, 3.63) is 81.7 Å². The predicted octanol–water partition coefficient (Wildman–Crippen LogP) is 5.26. The van der Waals surface area contributed by atoms with Gasteiger partial charge in [0.2, 0.25) is 0 Å². The molecule has 34 heavy (non-hydrogen) atoms. The van der Waals surface area contributed by atoms with Crippen LogP contribution in [0.2, 0.25) is 0 Å². The molecule has 0 radical (unpaired) electrons. The van der Waals surface area contributed by atoms with Crippen LogP contribution in [0.4, 0.5) is 0 Å². The number of nitrogens with zero attached hydrogens (tertiary/aromatic N) is 4. The normalized spacial score (nSPS) is 20.3. The number of hydrogen-bond donors (Lipinski definition) is 0. The Labute approximate surface area is 210 Å². The van der Waals surface area contributed by atoms with Crippen LogP contribution in [0.1, 0.15) is 48.2 Å². The van der Waals surface area contributed by atoms with E-state index in [1.807, 2.05) is 12.3 Å². The zero-order chi connectivity index (χ0) is 23.5. The molecule has 1 saturated heterocycles. The van der Waals surface area contributed by atoms with Crippen molar-refractivity contribution in [2.24, 2.45) is 0 Å². The molecule has 1 fully saturated rings. The first kappa shape index (κ1) is 23.3. The lowest BCUT2D eigenvalue weighted by Gasteiger charge is -2.24. The Morgan fingerprint density at radius 2 is 1.76 bits per heavy atom. The molecule has 5 nitrogen and oxygen atoms in total. The van der Waals surface area contributed by atoms with Gasteiger partial charge in [0.05, 0.1) is 11.7 Å². The van der Waals surface area contributed by atoms with E-state index in [0.29, 0.717) is 18.6 Å². The maximum Gasteiger partial charge on any atom is 0.150 e. The molecule has 1 aromatic heterocycles. The van der Waals surface area contributed by atoms with Crippen molar-refractivity contribution in [2.45, 2.75) is 51.2 Å². The lowest BCUT2D eigenvalue weighted by Crippen LogP contribution is -2.36. The van der Waals surface area contributed by atoms with Gasteiger partial charge in [0.15, 0.2) is 0 Å². The molecule has 176 valence electrons. The van der Waals surface area contributed by atoms with Gasteiger partial charge >= 0.3 is 0 Å². The Morgan fingerprint density at radius 1 is 0.941 bits per heavy atom. The van der Waals surface area contributed by atoms with Gasteiger partial charge in [-0.3, -0.25) is 9.69 Å². The molecule has 2 aromatic carbocycles. The van der Waals surface area contributed by atoms with Crippen molar-refractivity contribution in [3.63, 3.8) is 0 Å². The second-order valence-corrected chi connectivity index (χ2v) is 10.6. The van der Waals surface area contributed by atoms with Crippen molar-refractivity contribution in [1.29, 1.82) is 0 Å². The van der Waals surface area contributed by atoms with Crippen LogP contribution in [0.15, 0.2) is 59.2 Å². The summed E-state index contributed by atoms with van der Waals surface area (Å²) in [6.07, 6.45) is 6.15. The van der Waals surface area contributed by atoms with Gasteiger partial charge in [0, 0.05) is 42.2 Å². The number of rotatable bonds is 0. The minimum atomic E-state index is 0.0471. The van der Waals surface area contributed by atoms with Gasteiger partial charge in [-0.1, -0.05) is 46.3 Å². The van der Waals surface area contributed by atoms with E-state index in [1.54, 1.807) is 0 Å². The Kier molecular flexibility index (Phi) is 7.18. The zero-order valence-corrected chi connectivity index (χ0v) is 21.3. The van der Waals surface area contributed by atoms with Crippen LogP contribution in [-0.4, -0.2) is 51.7 Å². The van der Waals surface area contributed by atoms with Crippen LogP contribution in [0.3, 0.4) is 0 Å². The van der Waals surface area contributed by atoms with Gasteiger partial charge in [-0.05, 0) is 74.3 Å². The second-order valence-electron chi connectivity index (χ2n) is 9.64. The van der Waals surface area contributed by atoms with Crippen LogP contribution < -0.4 is 0 Å². The molecular formula is C28H31BrN4O. The number of carbonyl (C=O) groups is 1. The third-order valence-corrected chi connectivity index (χ3v) is 7.33. The van der Waals surface area contributed by atoms with Gasteiger partial charge in [-0.2, -0.15) is 0 Å². The standard InChI is InChI=1S/C28H31BrN4O/c1-32-12-3-5-27(34)26-4-2-13-33(26)19-22-14-21(15-24(29)16-22)17-28-30-11-10-25(31-28)23-8-6-20(18-32)7-9-23/h6-11,14-16,26H,2-5,12-13,17-19H2,1H3/t26-/m1/s1. The summed E-state index contributed by atoms with van der Waals surface area (Å²) in [4.78, 5) is 27.2. The van der Waals surface area contributed by atoms with Gasteiger partial charge in [-0.25, -0.2) is 9.97 Å². The summed E-state index contributed by atoms with van der Waals surface area (Å²) in [5.41, 5.74) is 5.73. The van der Waals surface area contributed by atoms with E-state index in [-0.39, 0.29) is 6.04 Å². The van der Waals surface area contributed by atoms with E-state index < -0.39 is 0 Å². The summed E-state index contributed by atoms with van der Waals surface area (Å²) in [5, 5.41) is 0. The Balaban J connectivity index is 1.47. The van der Waals surface area contributed by atoms with Gasteiger partial charge in [0.1, 0.15) is 11.6 Å². The first-order chi connectivity index (χ1) is 16.5. The lowest BCUT2D eigenvalue weighted by molar-refractivity contribution is -0.123. The monoisotopic (exact) mass is 518 g/mol. The van der Waals surface area contributed by atoms with Crippen LogP contribution in [0.5, 0.6) is 0 Å². The number of fused-ring (bicyclic) bond motifs is 7. The van der Waals surface area contributed by atoms with Crippen molar-refractivity contribution in [2.75, 3.05) is 20.1 Å². The summed E-state index contributed by atoms with van der Waals surface area (Å²) in [6, 6.07) is 17.2. The van der Waals surface area contributed by atoms with Crippen LogP contribution in [0, 0.1) is 0 Å². The van der Waals surface area contributed by atoms with E-state index in [0.717, 1.165) is 67.0 Å². The number of aromatic nitrogens is 2. The van der Waals surface area contributed by atoms with E-state index in [9.17, 15) is 4.79 Å². The van der Waals surface area contributed by atoms with Crippen LogP contribution >= 0.6 is 15.9 Å². The average Bonchev–Trinajstić information content (AvgIpc) is 3.27. The minimum absolute atomic E-state index is 0.0471. The molecule has 0 N–H and O–H groups in total. The average molecular weight is 519 g/mol. The van der Waals surface area contributed by atoms with Crippen molar-refractivity contribution < 1.29 is 4.79 Å². The van der Waals surface area contributed by atoms with Crippen LogP contribution in [-0.2, 0) is 24.3 Å². The third-order valence-electron chi connectivity index (χ3n) is 6.87. The highest BCUT2D eigenvalue weighted by molar-refractivity contribution is 9.10. The molecule has 1 atom stereocenters. The summed E-state index contributed by atoms with van der Waals surface area (Å²) in [6.45, 7) is 3.58. The molecule has 0 aliphatic carbocycles. The van der Waals surface area contributed by atoms with E-state index >= 15 is 0 Å². The summed E-state index contributed by atoms with van der Waals surface area (Å²) in [5.74, 6) is 1.21. The molecule has 3 aliphatic heterocycles. The predicted molar refractivity (Wildman–Crippen MR) is 138 cm³/mol. The molecule has 6 bridgehead atoms. The van der Waals surface area contributed by atoms with E-state index in [2.05, 4.69) is 80.2 Å². The Morgan fingerprint density at radius 3 is 2.62 bits per heavy atom. The first-order valence-electron chi connectivity index (χ1n) is 12.2. The third kappa shape index (κ3) is 5.62. The smallest absolute Gasteiger partial charge is 0.150 e. The number of halogens is 1. The lowest BCUT2D eigenvalue weighted by atomic mass is 10.0. The molecule has 3 aromatic rings. The van der Waals surface area contributed by atoms with E-state index in [1.165, 1.54) is 16.7 Å². The Bertz CT molecular complexity index is 1160. The highest BCUT2D eigenvalue weighted by Crippen LogP contribution is 2.26. The highest BCUT2D eigenvalue weighted by atomic mass is 79.9. The fraction of sp³-hybridized carbons (Fsp3) is 0.393. The minimum Gasteiger partial charge on any atom is -0.302 e. The molecule has 4 heterocycles. The molecule has 0 unspecified atom stereocenters. The van der Waals surface area contributed by atoms with Gasteiger partial charge in [0.25, 0.3) is 0 Å². The number of Topliss-reactive ketones (excluding diaryl/α,β-unsaturated/α-hetero) is 1. The first-order valence-corrected chi connectivity index (χ1v) is 13.0. The maximum absolute atomic E-state index is 13.1. The number of hydrogen-bond acceptors (Lipinski definition) is 5. The Hall–Kier alpha value is -2.41. The molecular weight excluding hydrogens is 488 g/mol. The number of carbonyl (C=O) groups excluding carboxylic acids is 1. The van der Waals surface area contributed by atoms with Crippen molar-refractivity contribution in [1.82, 2.24) is 19.8 Å². The van der Waals surface area contributed by atoms with Gasteiger partial charge < -0.3 is 4.90 Å². The quantitative estimate of drug-likeness (QED) is 0.406. The van der Waals surface area contributed by atoms with Crippen molar-refractivity contribution in [3.8, 4) is 11.3 Å². The maximum atomic E-state index is 13.1. The molecule has 0 saturated carbocycles. The fourth-order valence-electron chi connectivity index (χ4n) is 5.21. The highest BCUT2D eigenvalue weighted by Gasteiger charge is 2.30. The van der Waals surface area contributed by atoms with Gasteiger partial charge in [-0.15, -0.1) is 0 Å². The summed E-state index contributed by atoms with van der Waals surface area (Å²) in [7, 11) is 2.13.